The van der Waals surface area contributed by atoms with Crippen molar-refractivity contribution in [2.75, 3.05) is 0 Å². The topological polar surface area (TPSA) is 29.1 Å². The summed E-state index contributed by atoms with van der Waals surface area (Å²) in [5, 5.41) is 3.78. The molecule has 3 heteroatoms. The maximum absolute atomic E-state index is 11.8. The van der Waals surface area contributed by atoms with Crippen LogP contribution in [0.4, 0.5) is 0 Å². The van der Waals surface area contributed by atoms with Crippen LogP contribution in [-0.4, -0.2) is 11.9 Å². The van der Waals surface area contributed by atoms with E-state index in [1.165, 1.54) is 6.42 Å². The second-order valence-corrected chi connectivity index (χ2v) is 5.43. The van der Waals surface area contributed by atoms with Crippen LogP contribution in [-0.2, 0) is 11.2 Å². The summed E-state index contributed by atoms with van der Waals surface area (Å²) in [6.45, 7) is 2.24. The molecule has 2 unspecified atom stereocenters. The van der Waals surface area contributed by atoms with Crippen molar-refractivity contribution in [1.82, 2.24) is 5.32 Å². The van der Waals surface area contributed by atoms with Gasteiger partial charge in [0.25, 0.3) is 0 Å². The number of hydrogen-bond donors (Lipinski definition) is 1. The summed E-state index contributed by atoms with van der Waals surface area (Å²) in [6.07, 6.45) is 3.87. The lowest BCUT2D eigenvalue weighted by Crippen LogP contribution is -2.34. The van der Waals surface area contributed by atoms with Crippen LogP contribution < -0.4 is 5.32 Å². The van der Waals surface area contributed by atoms with E-state index >= 15 is 0 Å². The van der Waals surface area contributed by atoms with Crippen LogP contribution in [0.5, 0.6) is 0 Å². The number of benzene rings is 1. The summed E-state index contributed by atoms with van der Waals surface area (Å²) in [5.74, 6) is 0.845. The molecule has 2 atom stereocenters. The number of amides is 1. The quantitative estimate of drug-likeness (QED) is 0.878. The molecule has 1 amide bonds. The van der Waals surface area contributed by atoms with E-state index in [1.807, 2.05) is 24.3 Å². The van der Waals surface area contributed by atoms with Crippen molar-refractivity contribution in [2.24, 2.45) is 5.92 Å². The van der Waals surface area contributed by atoms with Crippen molar-refractivity contribution in [3.63, 3.8) is 0 Å². The first-order chi connectivity index (χ1) is 8.13. The molecule has 1 saturated carbocycles. The van der Waals surface area contributed by atoms with Gasteiger partial charge in [-0.1, -0.05) is 30.7 Å². The Labute approximate surface area is 107 Å². The fourth-order valence-electron chi connectivity index (χ4n) is 2.45. The fourth-order valence-corrected chi connectivity index (χ4v) is 2.66. The minimum absolute atomic E-state index is 0.103. The maximum Gasteiger partial charge on any atom is 0.224 e. The molecule has 0 heterocycles. The maximum atomic E-state index is 11.8. The van der Waals surface area contributed by atoms with Gasteiger partial charge in [0.1, 0.15) is 0 Å². The van der Waals surface area contributed by atoms with E-state index in [9.17, 15) is 4.79 Å². The van der Waals surface area contributed by atoms with Crippen LogP contribution >= 0.6 is 11.6 Å². The van der Waals surface area contributed by atoms with Crippen molar-refractivity contribution < 1.29 is 4.79 Å². The second kappa shape index (κ2) is 5.54. The smallest absolute Gasteiger partial charge is 0.224 e. The van der Waals surface area contributed by atoms with E-state index in [0.29, 0.717) is 17.5 Å². The van der Waals surface area contributed by atoms with Crippen LogP contribution in [0.3, 0.4) is 0 Å². The minimum Gasteiger partial charge on any atom is -0.353 e. The highest BCUT2D eigenvalue weighted by Crippen LogP contribution is 2.24. The SMILES string of the molecule is CC1CCC(NC(=O)Cc2cccc(Cl)c2)C1. The normalized spacial score (nSPS) is 23.6. The monoisotopic (exact) mass is 251 g/mol. The number of carbonyl (C=O) groups is 1. The Kier molecular flexibility index (Phi) is 4.06. The van der Waals surface area contributed by atoms with E-state index in [1.54, 1.807) is 0 Å². The second-order valence-electron chi connectivity index (χ2n) is 4.99. The average molecular weight is 252 g/mol. The first-order valence-corrected chi connectivity index (χ1v) is 6.55. The number of halogens is 1. The Bertz CT molecular complexity index is 405. The van der Waals surface area contributed by atoms with Gasteiger partial charge in [0, 0.05) is 11.1 Å². The summed E-state index contributed by atoms with van der Waals surface area (Å²) >= 11 is 5.89. The van der Waals surface area contributed by atoms with Crippen LogP contribution in [0.2, 0.25) is 5.02 Å². The zero-order valence-corrected chi connectivity index (χ0v) is 10.8. The molecule has 1 aromatic rings. The molecule has 1 fully saturated rings. The van der Waals surface area contributed by atoms with Gasteiger partial charge in [0.05, 0.1) is 6.42 Å². The van der Waals surface area contributed by atoms with E-state index in [-0.39, 0.29) is 5.91 Å². The molecule has 2 rings (SSSR count). The van der Waals surface area contributed by atoms with E-state index in [0.717, 1.165) is 24.3 Å². The van der Waals surface area contributed by atoms with Gasteiger partial charge in [0.15, 0.2) is 0 Å². The highest BCUT2D eigenvalue weighted by Gasteiger charge is 2.22. The Morgan fingerprint density at radius 2 is 2.29 bits per heavy atom. The van der Waals surface area contributed by atoms with Crippen molar-refractivity contribution >= 4 is 17.5 Å². The van der Waals surface area contributed by atoms with E-state index in [2.05, 4.69) is 12.2 Å². The van der Waals surface area contributed by atoms with Crippen LogP contribution in [0.15, 0.2) is 24.3 Å². The van der Waals surface area contributed by atoms with E-state index in [4.69, 9.17) is 11.6 Å². The highest BCUT2D eigenvalue weighted by molar-refractivity contribution is 6.30. The molecule has 2 nitrogen and oxygen atoms in total. The first-order valence-electron chi connectivity index (χ1n) is 6.17. The van der Waals surface area contributed by atoms with Crippen molar-refractivity contribution in [3.05, 3.63) is 34.9 Å². The zero-order valence-electron chi connectivity index (χ0n) is 10.1. The largest absolute Gasteiger partial charge is 0.353 e. The molecule has 1 aliphatic rings. The van der Waals surface area contributed by atoms with Crippen molar-refractivity contribution in [1.29, 1.82) is 0 Å². The van der Waals surface area contributed by atoms with Crippen LogP contribution in [0.1, 0.15) is 31.7 Å². The molecule has 0 radical (unpaired) electrons. The molecule has 1 N–H and O–H groups in total. The molecule has 1 aromatic carbocycles. The molecule has 0 aromatic heterocycles. The zero-order chi connectivity index (χ0) is 12.3. The Balaban J connectivity index is 1.85. The Hall–Kier alpha value is -1.02. The van der Waals surface area contributed by atoms with Gasteiger partial charge in [0.2, 0.25) is 5.91 Å². The lowest BCUT2D eigenvalue weighted by Gasteiger charge is -2.12. The molecule has 92 valence electrons. The van der Waals surface area contributed by atoms with Gasteiger partial charge in [-0.05, 0) is 42.9 Å². The Morgan fingerprint density at radius 3 is 2.94 bits per heavy atom. The molecule has 17 heavy (non-hydrogen) atoms. The lowest BCUT2D eigenvalue weighted by molar-refractivity contribution is -0.121. The average Bonchev–Trinajstić information content (AvgIpc) is 2.63. The van der Waals surface area contributed by atoms with Gasteiger partial charge in [-0.15, -0.1) is 0 Å². The van der Waals surface area contributed by atoms with Gasteiger partial charge in [-0.25, -0.2) is 0 Å². The van der Waals surface area contributed by atoms with Gasteiger partial charge in [-0.3, -0.25) is 4.79 Å². The van der Waals surface area contributed by atoms with Gasteiger partial charge < -0.3 is 5.32 Å². The molecule has 0 bridgehead atoms. The number of rotatable bonds is 3. The number of carbonyl (C=O) groups excluding carboxylic acids is 1. The van der Waals surface area contributed by atoms with Crippen LogP contribution in [0, 0.1) is 5.92 Å². The molecular weight excluding hydrogens is 234 g/mol. The van der Waals surface area contributed by atoms with Crippen molar-refractivity contribution in [3.8, 4) is 0 Å². The summed E-state index contributed by atoms with van der Waals surface area (Å²) < 4.78 is 0. The highest BCUT2D eigenvalue weighted by atomic mass is 35.5. The number of nitrogens with one attached hydrogen (secondary N) is 1. The fraction of sp³-hybridized carbons (Fsp3) is 0.500. The third kappa shape index (κ3) is 3.74. The minimum atomic E-state index is 0.103. The van der Waals surface area contributed by atoms with Crippen LogP contribution in [0.25, 0.3) is 0 Å². The van der Waals surface area contributed by atoms with Gasteiger partial charge in [-0.2, -0.15) is 0 Å². The predicted octanol–water partition coefficient (Wildman–Crippen LogP) is 3.19. The third-order valence-electron chi connectivity index (χ3n) is 3.31. The van der Waals surface area contributed by atoms with Gasteiger partial charge >= 0.3 is 0 Å². The Morgan fingerprint density at radius 1 is 1.47 bits per heavy atom. The van der Waals surface area contributed by atoms with Crippen molar-refractivity contribution in [2.45, 2.75) is 38.6 Å². The summed E-state index contributed by atoms with van der Waals surface area (Å²) in [4.78, 5) is 11.8. The molecule has 0 saturated heterocycles. The predicted molar refractivity (Wildman–Crippen MR) is 70.1 cm³/mol. The third-order valence-corrected chi connectivity index (χ3v) is 3.55. The first kappa shape index (κ1) is 12.4. The number of hydrogen-bond acceptors (Lipinski definition) is 1. The van der Waals surface area contributed by atoms with E-state index < -0.39 is 0 Å². The summed E-state index contributed by atoms with van der Waals surface area (Å²) in [5.41, 5.74) is 0.973. The molecule has 0 aliphatic heterocycles. The molecular formula is C14H18ClNO. The summed E-state index contributed by atoms with van der Waals surface area (Å²) in [6, 6.07) is 7.85. The molecule has 1 aliphatic carbocycles. The standard InChI is InChI=1S/C14H18ClNO/c1-10-5-6-13(7-10)16-14(17)9-11-3-2-4-12(15)8-11/h2-4,8,10,13H,5-7,9H2,1H3,(H,16,17). The molecule has 0 spiro atoms. The summed E-state index contributed by atoms with van der Waals surface area (Å²) in [7, 11) is 0. The lowest BCUT2D eigenvalue weighted by atomic mass is 10.1.